The SMILES string of the molecule is O=C(Nc1ccc(CP2(=O)OCCCCO2)cc1)c1ccc2ncn(-c3ccc(F)cc3)c2c1. The van der Waals surface area contributed by atoms with E-state index in [0.29, 0.717) is 24.5 Å². The molecule has 0 unspecified atom stereocenters. The molecule has 0 aliphatic carbocycles. The minimum Gasteiger partial charge on any atom is -0.322 e. The summed E-state index contributed by atoms with van der Waals surface area (Å²) < 4.78 is 38.8. The molecule has 1 amide bonds. The minimum atomic E-state index is -3.14. The van der Waals surface area contributed by atoms with Gasteiger partial charge in [-0.1, -0.05) is 12.1 Å². The van der Waals surface area contributed by atoms with Crippen molar-refractivity contribution in [3.63, 3.8) is 0 Å². The van der Waals surface area contributed by atoms with Crippen LogP contribution >= 0.6 is 7.60 Å². The molecule has 1 aromatic heterocycles. The molecule has 1 aliphatic heterocycles. The molecule has 1 saturated heterocycles. The van der Waals surface area contributed by atoms with E-state index in [4.69, 9.17) is 9.05 Å². The second-order valence-corrected chi connectivity index (χ2v) is 10.1. The van der Waals surface area contributed by atoms with E-state index in [9.17, 15) is 13.8 Å². The summed E-state index contributed by atoms with van der Waals surface area (Å²) in [4.78, 5) is 17.3. The number of nitrogens with one attached hydrogen (secondary N) is 1. The Labute approximate surface area is 196 Å². The number of aromatic nitrogens is 2. The van der Waals surface area contributed by atoms with Crippen molar-refractivity contribution >= 4 is 30.2 Å². The largest absolute Gasteiger partial charge is 0.335 e. The molecule has 1 N–H and O–H groups in total. The van der Waals surface area contributed by atoms with Crippen molar-refractivity contribution < 1.29 is 22.8 Å². The lowest BCUT2D eigenvalue weighted by molar-refractivity contribution is 0.102. The van der Waals surface area contributed by atoms with Crippen LogP contribution in [-0.4, -0.2) is 28.7 Å². The highest BCUT2D eigenvalue weighted by Gasteiger charge is 2.27. The van der Waals surface area contributed by atoms with E-state index in [-0.39, 0.29) is 17.9 Å². The lowest BCUT2D eigenvalue weighted by atomic mass is 10.1. The van der Waals surface area contributed by atoms with E-state index >= 15 is 0 Å². The molecule has 1 fully saturated rings. The quantitative estimate of drug-likeness (QED) is 0.359. The first-order valence-electron chi connectivity index (χ1n) is 11.0. The van der Waals surface area contributed by atoms with E-state index in [1.165, 1.54) is 12.1 Å². The van der Waals surface area contributed by atoms with Crippen LogP contribution in [0.15, 0.2) is 73.1 Å². The highest BCUT2D eigenvalue weighted by Crippen LogP contribution is 2.52. The van der Waals surface area contributed by atoms with Crippen molar-refractivity contribution in [3.8, 4) is 5.69 Å². The van der Waals surface area contributed by atoms with Gasteiger partial charge in [0.05, 0.1) is 30.4 Å². The van der Waals surface area contributed by atoms with Gasteiger partial charge in [0.1, 0.15) is 12.1 Å². The zero-order valence-corrected chi connectivity index (χ0v) is 19.2. The maximum atomic E-state index is 13.3. The van der Waals surface area contributed by atoms with Gasteiger partial charge >= 0.3 is 7.60 Å². The number of rotatable bonds is 5. The topological polar surface area (TPSA) is 82.5 Å². The van der Waals surface area contributed by atoms with Crippen molar-refractivity contribution in [1.29, 1.82) is 0 Å². The van der Waals surface area contributed by atoms with E-state index in [0.717, 1.165) is 35.1 Å². The van der Waals surface area contributed by atoms with Gasteiger partial charge in [-0.2, -0.15) is 0 Å². The molecule has 3 aromatic carbocycles. The summed E-state index contributed by atoms with van der Waals surface area (Å²) in [6.45, 7) is 0.881. The summed E-state index contributed by atoms with van der Waals surface area (Å²) >= 11 is 0. The van der Waals surface area contributed by atoms with Crippen LogP contribution in [0.5, 0.6) is 0 Å². The Morgan fingerprint density at radius 3 is 2.41 bits per heavy atom. The molecule has 2 heterocycles. The Hall–Kier alpha value is -3.32. The van der Waals surface area contributed by atoms with E-state index in [1.807, 2.05) is 0 Å². The number of carbonyl (C=O) groups is 1. The van der Waals surface area contributed by atoms with Crippen LogP contribution in [0.2, 0.25) is 0 Å². The molecule has 0 saturated carbocycles. The monoisotopic (exact) mass is 479 g/mol. The third-order valence-electron chi connectivity index (χ3n) is 5.62. The number of fused-ring (bicyclic) bond motifs is 1. The Balaban J connectivity index is 1.31. The first-order chi connectivity index (χ1) is 16.5. The summed E-state index contributed by atoms with van der Waals surface area (Å²) in [5.41, 5.74) is 4.10. The number of imidazole rings is 1. The van der Waals surface area contributed by atoms with Crippen LogP contribution in [0.3, 0.4) is 0 Å². The van der Waals surface area contributed by atoms with Crippen LogP contribution in [-0.2, 0) is 19.8 Å². The molecule has 0 bridgehead atoms. The van der Waals surface area contributed by atoms with Gasteiger partial charge in [-0.25, -0.2) is 9.37 Å². The molecule has 0 atom stereocenters. The number of anilines is 1. The lowest BCUT2D eigenvalue weighted by Gasteiger charge is -2.15. The second kappa shape index (κ2) is 9.50. The van der Waals surface area contributed by atoms with Crippen molar-refractivity contribution in [1.82, 2.24) is 9.55 Å². The maximum absolute atomic E-state index is 13.3. The average molecular weight is 479 g/mol. The van der Waals surface area contributed by atoms with Gasteiger partial charge in [0.15, 0.2) is 0 Å². The molecule has 7 nitrogen and oxygen atoms in total. The van der Waals surface area contributed by atoms with Crippen LogP contribution in [0.4, 0.5) is 10.1 Å². The van der Waals surface area contributed by atoms with Crippen LogP contribution in [0.25, 0.3) is 16.7 Å². The summed E-state index contributed by atoms with van der Waals surface area (Å²) in [6.07, 6.45) is 3.52. The van der Waals surface area contributed by atoms with Crippen molar-refractivity contribution in [2.45, 2.75) is 19.0 Å². The van der Waals surface area contributed by atoms with E-state index < -0.39 is 7.60 Å². The lowest BCUT2D eigenvalue weighted by Crippen LogP contribution is -2.12. The normalized spacial score (nSPS) is 15.7. The summed E-state index contributed by atoms with van der Waals surface area (Å²) in [5.74, 6) is -0.592. The Morgan fingerprint density at radius 1 is 1.00 bits per heavy atom. The first kappa shape index (κ1) is 22.5. The molecule has 1 aliphatic rings. The molecule has 0 radical (unpaired) electrons. The van der Waals surface area contributed by atoms with E-state index in [1.54, 1.807) is 65.5 Å². The molecule has 4 aromatic rings. The summed E-state index contributed by atoms with van der Waals surface area (Å²) in [7, 11) is -3.14. The smallest absolute Gasteiger partial charge is 0.322 e. The number of benzene rings is 3. The van der Waals surface area contributed by atoms with Crippen molar-refractivity contribution in [3.05, 3.63) is 90.0 Å². The molecule has 5 rings (SSSR count). The van der Waals surface area contributed by atoms with Gasteiger partial charge in [0.25, 0.3) is 5.91 Å². The summed E-state index contributed by atoms with van der Waals surface area (Å²) in [6, 6.07) is 18.4. The van der Waals surface area contributed by atoms with Gasteiger partial charge in [-0.05, 0) is 73.0 Å². The van der Waals surface area contributed by atoms with Crippen LogP contribution in [0.1, 0.15) is 28.8 Å². The molecular weight excluding hydrogens is 456 g/mol. The molecule has 174 valence electrons. The highest BCUT2D eigenvalue weighted by atomic mass is 31.2. The minimum absolute atomic E-state index is 0.200. The fraction of sp³-hybridized carbons (Fsp3) is 0.200. The molecule has 0 spiro atoms. The molecular formula is C25H23FN3O4P. The van der Waals surface area contributed by atoms with Crippen LogP contribution in [0, 0.1) is 5.82 Å². The van der Waals surface area contributed by atoms with Crippen LogP contribution < -0.4 is 5.32 Å². The molecule has 9 heteroatoms. The Morgan fingerprint density at radius 2 is 1.71 bits per heavy atom. The van der Waals surface area contributed by atoms with Crippen molar-refractivity contribution in [2.24, 2.45) is 0 Å². The maximum Gasteiger partial charge on any atom is 0.335 e. The molecule has 34 heavy (non-hydrogen) atoms. The zero-order chi connectivity index (χ0) is 23.5. The number of nitrogens with zero attached hydrogens (tertiary/aromatic N) is 2. The Bertz CT molecular complexity index is 1360. The van der Waals surface area contributed by atoms with Gasteiger partial charge < -0.3 is 14.4 Å². The third-order valence-corrected chi connectivity index (χ3v) is 7.52. The standard InChI is InChI=1S/C25H23FN3O4P/c26-20-6-10-22(11-7-20)29-17-27-23-12-5-19(15-24(23)29)25(30)28-21-8-3-18(4-9-21)16-34(31)32-13-1-2-14-33-34/h3-12,15,17H,1-2,13-14,16H2,(H,28,30). The van der Waals surface area contributed by atoms with Gasteiger partial charge in [-0.3, -0.25) is 13.9 Å². The number of hydrogen-bond acceptors (Lipinski definition) is 5. The predicted octanol–water partition coefficient (Wildman–Crippen LogP) is 5.94. The number of carbonyl (C=O) groups excluding carboxylic acids is 1. The van der Waals surface area contributed by atoms with Gasteiger partial charge in [0, 0.05) is 16.9 Å². The first-order valence-corrected chi connectivity index (χ1v) is 12.7. The third kappa shape index (κ3) is 4.94. The fourth-order valence-corrected chi connectivity index (χ4v) is 5.55. The van der Waals surface area contributed by atoms with Crippen molar-refractivity contribution in [2.75, 3.05) is 18.5 Å². The number of amides is 1. The summed E-state index contributed by atoms with van der Waals surface area (Å²) in [5, 5.41) is 2.88. The zero-order valence-electron chi connectivity index (χ0n) is 18.3. The number of hydrogen-bond donors (Lipinski definition) is 1. The number of halogens is 1. The second-order valence-electron chi connectivity index (χ2n) is 8.09. The Kier molecular flexibility index (Phi) is 6.28. The predicted molar refractivity (Wildman–Crippen MR) is 128 cm³/mol. The van der Waals surface area contributed by atoms with Gasteiger partial charge in [-0.15, -0.1) is 0 Å². The fourth-order valence-electron chi connectivity index (χ4n) is 3.82. The highest BCUT2D eigenvalue weighted by molar-refractivity contribution is 7.53. The van der Waals surface area contributed by atoms with Gasteiger partial charge in [0.2, 0.25) is 0 Å². The van der Waals surface area contributed by atoms with E-state index in [2.05, 4.69) is 10.3 Å². The average Bonchev–Trinajstić information content (AvgIpc) is 3.14.